The van der Waals surface area contributed by atoms with Crippen molar-refractivity contribution in [3.63, 3.8) is 0 Å². The van der Waals surface area contributed by atoms with Crippen LogP contribution in [0.1, 0.15) is 23.4 Å². The number of hydrogen-bond donors (Lipinski definition) is 1. The van der Waals surface area contributed by atoms with E-state index in [9.17, 15) is 4.39 Å². The molecule has 1 N–H and O–H groups in total. The Morgan fingerprint density at radius 2 is 2.19 bits per heavy atom. The molecule has 0 aliphatic rings. The zero-order chi connectivity index (χ0) is 15.2. The molecule has 110 valence electrons. The van der Waals surface area contributed by atoms with Crippen molar-refractivity contribution in [1.82, 2.24) is 14.8 Å². The van der Waals surface area contributed by atoms with Crippen molar-refractivity contribution >= 4 is 11.8 Å². The molecule has 0 aliphatic carbocycles. The van der Waals surface area contributed by atoms with Gasteiger partial charge in [-0.25, -0.2) is 4.39 Å². The van der Waals surface area contributed by atoms with E-state index in [1.165, 1.54) is 17.8 Å². The van der Waals surface area contributed by atoms with Crippen LogP contribution in [0.5, 0.6) is 0 Å². The van der Waals surface area contributed by atoms with E-state index in [0.717, 1.165) is 11.0 Å². The minimum absolute atomic E-state index is 0.0152. The lowest BCUT2D eigenvalue weighted by molar-refractivity contribution is 0.305. The Balaban J connectivity index is 2.05. The summed E-state index contributed by atoms with van der Waals surface area (Å²) < 4.78 is 15.9. The lowest BCUT2D eigenvalue weighted by atomic mass is 10.1. The van der Waals surface area contributed by atoms with E-state index in [0.29, 0.717) is 23.3 Å². The van der Waals surface area contributed by atoms with Gasteiger partial charge in [0.1, 0.15) is 11.6 Å². The van der Waals surface area contributed by atoms with Crippen LogP contribution in [-0.4, -0.2) is 26.5 Å². The Kier molecular flexibility index (Phi) is 5.37. The highest BCUT2D eigenvalue weighted by atomic mass is 32.2. The smallest absolute Gasteiger partial charge is 0.191 e. The second kappa shape index (κ2) is 7.25. The van der Waals surface area contributed by atoms with Crippen molar-refractivity contribution in [2.45, 2.75) is 24.3 Å². The third-order valence-corrected chi connectivity index (χ3v) is 4.00. The molecular weight excluding hydrogens is 289 g/mol. The third kappa shape index (κ3) is 4.06. The Morgan fingerprint density at radius 1 is 1.38 bits per heavy atom. The minimum atomic E-state index is -0.280. The average Bonchev–Trinajstić information content (AvgIpc) is 2.78. The highest BCUT2D eigenvalue weighted by molar-refractivity contribution is 7.98. The quantitative estimate of drug-likeness (QED) is 0.695. The summed E-state index contributed by atoms with van der Waals surface area (Å²) in [5.74, 6) is 6.62. The van der Waals surface area contributed by atoms with Crippen LogP contribution in [0.15, 0.2) is 23.4 Å². The standard InChI is InChI=1S/C15H16FN3OS/c1-11-17-18-15(19(11)2)21-10-13-7-6-12(9-14(13)16)5-3-4-8-20/h6-7,9,20H,4,8,10H2,1-2H3. The van der Waals surface area contributed by atoms with E-state index in [1.54, 1.807) is 12.1 Å². The van der Waals surface area contributed by atoms with Crippen LogP contribution in [0, 0.1) is 24.6 Å². The molecule has 0 saturated carbocycles. The number of rotatable bonds is 4. The van der Waals surface area contributed by atoms with Crippen LogP contribution >= 0.6 is 11.8 Å². The number of aliphatic hydroxyl groups excluding tert-OH is 1. The van der Waals surface area contributed by atoms with Crippen LogP contribution in [0.3, 0.4) is 0 Å². The molecule has 0 radical (unpaired) electrons. The average molecular weight is 305 g/mol. The fourth-order valence-electron chi connectivity index (χ4n) is 1.62. The predicted octanol–water partition coefficient (Wildman–Crippen LogP) is 2.29. The summed E-state index contributed by atoms with van der Waals surface area (Å²) in [5.41, 5.74) is 1.22. The van der Waals surface area contributed by atoms with Gasteiger partial charge in [-0.15, -0.1) is 10.2 Å². The maximum absolute atomic E-state index is 14.0. The molecule has 4 nitrogen and oxygen atoms in total. The number of thioether (sulfide) groups is 1. The fourth-order valence-corrected chi connectivity index (χ4v) is 2.56. The maximum Gasteiger partial charge on any atom is 0.191 e. The highest BCUT2D eigenvalue weighted by Crippen LogP contribution is 2.23. The SMILES string of the molecule is Cc1nnc(SCc2ccc(C#CCCO)cc2F)n1C. The van der Waals surface area contributed by atoms with Crippen molar-refractivity contribution in [3.8, 4) is 11.8 Å². The normalized spacial score (nSPS) is 10.3. The first kappa shape index (κ1) is 15.5. The maximum atomic E-state index is 14.0. The lowest BCUT2D eigenvalue weighted by Crippen LogP contribution is -1.95. The van der Waals surface area contributed by atoms with Crippen molar-refractivity contribution < 1.29 is 9.50 Å². The van der Waals surface area contributed by atoms with Gasteiger partial charge in [0.25, 0.3) is 0 Å². The van der Waals surface area contributed by atoms with Crippen molar-refractivity contribution in [1.29, 1.82) is 0 Å². The number of aryl methyl sites for hydroxylation is 1. The van der Waals surface area contributed by atoms with Gasteiger partial charge in [-0.3, -0.25) is 0 Å². The van der Waals surface area contributed by atoms with E-state index in [1.807, 2.05) is 18.5 Å². The molecule has 0 bridgehead atoms. The monoisotopic (exact) mass is 305 g/mol. The second-order valence-corrected chi connectivity index (χ2v) is 5.40. The first-order valence-corrected chi connectivity index (χ1v) is 7.47. The first-order chi connectivity index (χ1) is 10.1. The molecule has 21 heavy (non-hydrogen) atoms. The highest BCUT2D eigenvalue weighted by Gasteiger charge is 2.08. The summed E-state index contributed by atoms with van der Waals surface area (Å²) in [6, 6.07) is 4.93. The van der Waals surface area contributed by atoms with Gasteiger partial charge in [-0.1, -0.05) is 29.7 Å². The second-order valence-electron chi connectivity index (χ2n) is 4.46. The number of nitrogens with zero attached hydrogens (tertiary/aromatic N) is 3. The molecule has 0 saturated heterocycles. The summed E-state index contributed by atoms with van der Waals surface area (Å²) in [4.78, 5) is 0. The van der Waals surface area contributed by atoms with E-state index in [2.05, 4.69) is 22.0 Å². The molecule has 0 aliphatic heterocycles. The van der Waals surface area contributed by atoms with Crippen molar-refractivity contribution in [2.24, 2.45) is 7.05 Å². The molecule has 2 rings (SSSR count). The van der Waals surface area contributed by atoms with Gasteiger partial charge in [0.2, 0.25) is 0 Å². The molecule has 1 aromatic heterocycles. The van der Waals surface area contributed by atoms with Gasteiger partial charge >= 0.3 is 0 Å². The predicted molar refractivity (Wildman–Crippen MR) is 80.3 cm³/mol. The Labute approximate surface area is 127 Å². The van der Waals surface area contributed by atoms with Crippen LogP contribution in [0.2, 0.25) is 0 Å². The fraction of sp³-hybridized carbons (Fsp3) is 0.333. The lowest BCUT2D eigenvalue weighted by Gasteiger charge is -2.04. The zero-order valence-electron chi connectivity index (χ0n) is 11.9. The zero-order valence-corrected chi connectivity index (χ0v) is 12.7. The van der Waals surface area contributed by atoms with Gasteiger partial charge in [-0.2, -0.15) is 0 Å². The third-order valence-electron chi connectivity index (χ3n) is 2.93. The number of benzene rings is 1. The molecule has 1 aromatic carbocycles. The van der Waals surface area contributed by atoms with Crippen LogP contribution in [0.25, 0.3) is 0 Å². The molecule has 2 aromatic rings. The van der Waals surface area contributed by atoms with Gasteiger partial charge in [0.15, 0.2) is 5.16 Å². The molecule has 6 heteroatoms. The molecule has 0 amide bonds. The Morgan fingerprint density at radius 3 is 2.81 bits per heavy atom. The summed E-state index contributed by atoms with van der Waals surface area (Å²) in [6.07, 6.45) is 0.394. The van der Waals surface area contributed by atoms with E-state index in [-0.39, 0.29) is 12.4 Å². The van der Waals surface area contributed by atoms with Crippen molar-refractivity contribution in [2.75, 3.05) is 6.61 Å². The number of hydrogen-bond acceptors (Lipinski definition) is 4. The molecule has 0 atom stereocenters. The summed E-state index contributed by atoms with van der Waals surface area (Å²) >= 11 is 1.44. The largest absolute Gasteiger partial charge is 0.395 e. The van der Waals surface area contributed by atoms with Gasteiger partial charge in [0, 0.05) is 24.8 Å². The molecule has 0 spiro atoms. The summed E-state index contributed by atoms with van der Waals surface area (Å²) in [7, 11) is 1.88. The molecular formula is C15H16FN3OS. The number of aromatic nitrogens is 3. The van der Waals surface area contributed by atoms with Crippen LogP contribution in [0.4, 0.5) is 4.39 Å². The molecule has 0 unspecified atom stereocenters. The molecule has 0 fully saturated rings. The van der Waals surface area contributed by atoms with E-state index < -0.39 is 0 Å². The summed E-state index contributed by atoms with van der Waals surface area (Å²) in [6.45, 7) is 1.89. The van der Waals surface area contributed by atoms with Gasteiger partial charge in [-0.05, 0) is 24.6 Å². The van der Waals surface area contributed by atoms with Gasteiger partial charge < -0.3 is 9.67 Å². The van der Waals surface area contributed by atoms with Crippen LogP contribution in [-0.2, 0) is 12.8 Å². The Bertz CT molecular complexity index is 688. The number of aliphatic hydroxyl groups is 1. The van der Waals surface area contributed by atoms with E-state index >= 15 is 0 Å². The first-order valence-electron chi connectivity index (χ1n) is 6.48. The van der Waals surface area contributed by atoms with Crippen molar-refractivity contribution in [3.05, 3.63) is 41.0 Å². The minimum Gasteiger partial charge on any atom is -0.395 e. The van der Waals surface area contributed by atoms with Crippen LogP contribution < -0.4 is 0 Å². The van der Waals surface area contributed by atoms with Gasteiger partial charge in [0.05, 0.1) is 6.61 Å². The molecule has 1 heterocycles. The number of halogens is 1. The summed E-state index contributed by atoms with van der Waals surface area (Å²) in [5, 5.41) is 17.4. The topological polar surface area (TPSA) is 50.9 Å². The van der Waals surface area contributed by atoms with E-state index in [4.69, 9.17) is 5.11 Å². The Hall–Kier alpha value is -1.84.